The van der Waals surface area contributed by atoms with Crippen LogP contribution in [0.15, 0.2) is 4.99 Å². The van der Waals surface area contributed by atoms with Crippen LogP contribution in [0.5, 0.6) is 0 Å². The molecule has 0 fully saturated rings. The molecular weight excluding hydrogens is 156 g/mol. The number of hydrogen-bond acceptors (Lipinski definition) is 4. The molecule has 4 nitrogen and oxygen atoms in total. The van der Waals surface area contributed by atoms with Crippen molar-refractivity contribution in [3.05, 3.63) is 0 Å². The summed E-state index contributed by atoms with van der Waals surface area (Å²) in [4.78, 5) is 15.0. The van der Waals surface area contributed by atoms with Crippen molar-refractivity contribution >= 4 is 11.8 Å². The lowest BCUT2D eigenvalue weighted by Crippen LogP contribution is -2.29. The second-order valence-corrected chi connectivity index (χ2v) is 2.59. The van der Waals surface area contributed by atoms with Crippen LogP contribution < -0.4 is 5.32 Å². The van der Waals surface area contributed by atoms with Gasteiger partial charge in [-0.25, -0.2) is 0 Å². The van der Waals surface area contributed by atoms with Crippen LogP contribution in [0, 0.1) is 0 Å². The molecule has 0 amide bonds. The van der Waals surface area contributed by atoms with Gasteiger partial charge < -0.3 is 10.1 Å². The third-order valence-corrected chi connectivity index (χ3v) is 1.62. The minimum atomic E-state index is -0.216. The average molecular weight is 170 g/mol. The first-order valence-electron chi connectivity index (χ1n) is 4.25. The number of rotatable bonds is 3. The largest absolute Gasteiger partial charge is 0.465 e. The fourth-order valence-corrected chi connectivity index (χ4v) is 1.07. The Labute approximate surface area is 72.0 Å². The zero-order valence-corrected chi connectivity index (χ0v) is 7.30. The summed E-state index contributed by atoms with van der Waals surface area (Å²) in [6.07, 6.45) is 2.05. The van der Waals surface area contributed by atoms with Gasteiger partial charge in [-0.1, -0.05) is 0 Å². The standard InChI is InChI=1S/C8H14N2O2/c1-2-12-8(11)6-10-7-4-3-5-9-7/h2-6H2,1H3,(H,9,10). The summed E-state index contributed by atoms with van der Waals surface area (Å²) >= 11 is 0. The van der Waals surface area contributed by atoms with Crippen LogP contribution in [0.2, 0.25) is 0 Å². The lowest BCUT2D eigenvalue weighted by Gasteiger charge is -2.04. The van der Waals surface area contributed by atoms with Crippen molar-refractivity contribution in [3.8, 4) is 0 Å². The Morgan fingerprint density at radius 3 is 3.17 bits per heavy atom. The molecule has 0 saturated carbocycles. The second-order valence-electron chi connectivity index (χ2n) is 2.59. The van der Waals surface area contributed by atoms with E-state index in [-0.39, 0.29) is 12.5 Å². The van der Waals surface area contributed by atoms with Gasteiger partial charge in [0.25, 0.3) is 0 Å². The van der Waals surface area contributed by atoms with Gasteiger partial charge in [0.2, 0.25) is 0 Å². The van der Waals surface area contributed by atoms with Crippen molar-refractivity contribution < 1.29 is 9.53 Å². The van der Waals surface area contributed by atoms with Crippen LogP contribution in [0.25, 0.3) is 0 Å². The number of carbonyl (C=O) groups excluding carboxylic acids is 1. The Kier molecular flexibility index (Phi) is 3.57. The second kappa shape index (κ2) is 4.74. The highest BCUT2D eigenvalue weighted by Crippen LogP contribution is 2.00. The number of hydrogen-bond donors (Lipinski definition) is 1. The zero-order chi connectivity index (χ0) is 8.81. The van der Waals surface area contributed by atoms with Crippen LogP contribution >= 0.6 is 0 Å². The predicted octanol–water partition coefficient (Wildman–Crippen LogP) is 0.331. The molecule has 1 heterocycles. The van der Waals surface area contributed by atoms with Crippen LogP contribution in [-0.4, -0.2) is 31.5 Å². The van der Waals surface area contributed by atoms with E-state index in [1.807, 2.05) is 0 Å². The van der Waals surface area contributed by atoms with Gasteiger partial charge in [-0.3, -0.25) is 9.79 Å². The van der Waals surface area contributed by atoms with E-state index in [2.05, 4.69) is 10.3 Å². The average Bonchev–Trinajstić information content (AvgIpc) is 2.53. The van der Waals surface area contributed by atoms with Gasteiger partial charge in [-0.05, 0) is 13.3 Å². The number of carbonyl (C=O) groups is 1. The van der Waals surface area contributed by atoms with Crippen LogP contribution in [0.1, 0.15) is 19.8 Å². The molecule has 1 N–H and O–H groups in total. The summed E-state index contributed by atoms with van der Waals surface area (Å²) in [7, 11) is 0. The SMILES string of the molecule is CCOC(=O)CNC1=NCCC1. The fraction of sp³-hybridized carbons (Fsp3) is 0.750. The molecule has 0 spiro atoms. The normalized spacial score (nSPS) is 15.6. The summed E-state index contributed by atoms with van der Waals surface area (Å²) in [5, 5.41) is 2.94. The van der Waals surface area contributed by atoms with Gasteiger partial charge in [0.15, 0.2) is 0 Å². The third-order valence-electron chi connectivity index (χ3n) is 1.62. The van der Waals surface area contributed by atoms with Crippen LogP contribution in [0.4, 0.5) is 0 Å². The Morgan fingerprint density at radius 1 is 1.75 bits per heavy atom. The highest BCUT2D eigenvalue weighted by Gasteiger charge is 2.07. The van der Waals surface area contributed by atoms with E-state index in [1.165, 1.54) is 0 Å². The lowest BCUT2D eigenvalue weighted by molar-refractivity contribution is -0.141. The molecule has 0 bridgehead atoms. The van der Waals surface area contributed by atoms with E-state index in [9.17, 15) is 4.79 Å². The highest BCUT2D eigenvalue weighted by atomic mass is 16.5. The Balaban J connectivity index is 2.12. The molecular formula is C8H14N2O2. The van der Waals surface area contributed by atoms with Crippen molar-refractivity contribution in [2.24, 2.45) is 4.99 Å². The molecule has 0 aromatic rings. The number of amidine groups is 1. The van der Waals surface area contributed by atoms with Crippen molar-refractivity contribution in [1.29, 1.82) is 0 Å². The first kappa shape index (κ1) is 9.03. The van der Waals surface area contributed by atoms with Crippen LogP contribution in [-0.2, 0) is 9.53 Å². The smallest absolute Gasteiger partial charge is 0.325 e. The summed E-state index contributed by atoms with van der Waals surface area (Å²) in [6.45, 7) is 3.36. The van der Waals surface area contributed by atoms with E-state index in [0.29, 0.717) is 6.61 Å². The molecule has 0 unspecified atom stereocenters. The molecule has 0 radical (unpaired) electrons. The zero-order valence-electron chi connectivity index (χ0n) is 7.30. The molecule has 0 aromatic heterocycles. The fourth-order valence-electron chi connectivity index (χ4n) is 1.07. The van der Waals surface area contributed by atoms with E-state index < -0.39 is 0 Å². The molecule has 0 aliphatic carbocycles. The molecule has 12 heavy (non-hydrogen) atoms. The molecule has 4 heteroatoms. The maximum atomic E-state index is 10.9. The van der Waals surface area contributed by atoms with E-state index in [1.54, 1.807) is 6.92 Å². The number of aliphatic imine (C=N–C) groups is 1. The molecule has 1 rings (SSSR count). The summed E-state index contributed by atoms with van der Waals surface area (Å²) in [6, 6.07) is 0. The monoisotopic (exact) mass is 170 g/mol. The van der Waals surface area contributed by atoms with E-state index in [0.717, 1.165) is 25.2 Å². The van der Waals surface area contributed by atoms with Crippen molar-refractivity contribution in [3.63, 3.8) is 0 Å². The molecule has 0 aromatic carbocycles. The summed E-state index contributed by atoms with van der Waals surface area (Å²) < 4.78 is 4.75. The highest BCUT2D eigenvalue weighted by molar-refractivity contribution is 5.86. The van der Waals surface area contributed by atoms with E-state index in [4.69, 9.17) is 4.74 Å². The molecule has 1 aliphatic heterocycles. The van der Waals surface area contributed by atoms with Gasteiger partial charge in [0, 0.05) is 13.0 Å². The van der Waals surface area contributed by atoms with Gasteiger partial charge >= 0.3 is 5.97 Å². The number of ether oxygens (including phenoxy) is 1. The Morgan fingerprint density at radius 2 is 2.58 bits per heavy atom. The lowest BCUT2D eigenvalue weighted by atomic mass is 10.3. The minimum Gasteiger partial charge on any atom is -0.465 e. The minimum absolute atomic E-state index is 0.216. The van der Waals surface area contributed by atoms with Crippen LogP contribution in [0.3, 0.4) is 0 Å². The van der Waals surface area contributed by atoms with Crippen molar-refractivity contribution in [2.45, 2.75) is 19.8 Å². The number of esters is 1. The quantitative estimate of drug-likeness (QED) is 0.621. The molecule has 68 valence electrons. The molecule has 1 aliphatic rings. The maximum Gasteiger partial charge on any atom is 0.325 e. The van der Waals surface area contributed by atoms with Gasteiger partial charge in [0.05, 0.1) is 12.4 Å². The number of nitrogens with zero attached hydrogens (tertiary/aromatic N) is 1. The summed E-state index contributed by atoms with van der Waals surface area (Å²) in [5.41, 5.74) is 0. The van der Waals surface area contributed by atoms with Crippen molar-refractivity contribution in [2.75, 3.05) is 19.7 Å². The Hall–Kier alpha value is -1.06. The molecule has 0 atom stereocenters. The summed E-state index contributed by atoms with van der Waals surface area (Å²) in [5.74, 6) is 0.718. The van der Waals surface area contributed by atoms with Crippen molar-refractivity contribution in [1.82, 2.24) is 5.32 Å². The van der Waals surface area contributed by atoms with Gasteiger partial charge in [-0.2, -0.15) is 0 Å². The van der Waals surface area contributed by atoms with Gasteiger partial charge in [-0.15, -0.1) is 0 Å². The topological polar surface area (TPSA) is 50.7 Å². The maximum absolute atomic E-state index is 10.9. The first-order valence-corrected chi connectivity index (χ1v) is 4.25. The van der Waals surface area contributed by atoms with Gasteiger partial charge in [0.1, 0.15) is 6.54 Å². The molecule has 0 saturated heterocycles. The predicted molar refractivity (Wildman–Crippen MR) is 46.2 cm³/mol. The number of nitrogens with one attached hydrogen (secondary N) is 1. The van der Waals surface area contributed by atoms with E-state index >= 15 is 0 Å². The first-order chi connectivity index (χ1) is 5.83. The third kappa shape index (κ3) is 2.90. The Bertz CT molecular complexity index is 189.